The molecule has 0 radical (unpaired) electrons. The van der Waals surface area contributed by atoms with E-state index in [1.807, 2.05) is 0 Å². The van der Waals surface area contributed by atoms with E-state index in [-0.39, 0.29) is 37.5 Å². The molecule has 0 aliphatic carbocycles. The van der Waals surface area contributed by atoms with E-state index in [0.29, 0.717) is 19.3 Å². The first kappa shape index (κ1) is 63.3. The molecule has 0 aromatic carbocycles. The Kier molecular flexibility index (Phi) is 51.9. The van der Waals surface area contributed by atoms with Crippen LogP contribution in [0.2, 0.25) is 0 Å². The molecule has 0 N–H and O–H groups in total. The minimum Gasteiger partial charge on any atom is -0.462 e. The molecule has 0 aromatic rings. The molecule has 1 atom stereocenters. The normalized spacial score (nSPS) is 12.8. The Bertz CT molecular complexity index is 1350. The van der Waals surface area contributed by atoms with Gasteiger partial charge in [0.1, 0.15) is 13.2 Å². The lowest BCUT2D eigenvalue weighted by atomic mass is 10.1. The minimum atomic E-state index is -0.815. The molecule has 0 heterocycles. The highest BCUT2D eigenvalue weighted by Gasteiger charge is 2.19. The number of ether oxygens (including phenoxy) is 3. The third-order valence-electron chi connectivity index (χ3n) is 11.6. The smallest absolute Gasteiger partial charge is 0.306 e. The summed E-state index contributed by atoms with van der Waals surface area (Å²) in [6, 6.07) is 0. The second-order valence-electron chi connectivity index (χ2n) is 18.1. The van der Waals surface area contributed by atoms with Crippen molar-refractivity contribution in [2.24, 2.45) is 0 Å². The zero-order valence-corrected chi connectivity index (χ0v) is 43.6. The third-order valence-corrected chi connectivity index (χ3v) is 11.6. The number of hydrogen-bond acceptors (Lipinski definition) is 6. The van der Waals surface area contributed by atoms with Crippen LogP contribution in [0.25, 0.3) is 0 Å². The standard InChI is InChI=1S/C61H102O6/c1-4-7-10-13-16-19-22-25-28-30-32-33-36-39-42-45-48-51-54-60(63)66-57-58(56-65-59(62)53-50-47-44-41-38-35-27-24-21-18-15-12-9-6-3)67-61(64)55-52-49-46-43-40-37-34-31-29-26-23-20-17-14-11-8-5-2/h8-9,11-12,17-18,20-21,26,29,32-34,37,43,46,58H,4-7,10,13-16,19,22-25,27-28,30-31,35-36,38-42,44-45,47-57H2,1-3H3/b11-8-,12-9-,20-17-,21-18-,29-26-,33-32-,37-34-,46-43-. The van der Waals surface area contributed by atoms with Crippen molar-refractivity contribution in [3.05, 3.63) is 97.2 Å². The summed E-state index contributed by atoms with van der Waals surface area (Å²) in [6.07, 6.45) is 72.6. The molecule has 0 aliphatic rings. The maximum Gasteiger partial charge on any atom is 0.306 e. The Morgan fingerprint density at radius 2 is 0.597 bits per heavy atom. The van der Waals surface area contributed by atoms with Gasteiger partial charge in [-0.2, -0.15) is 0 Å². The van der Waals surface area contributed by atoms with Crippen molar-refractivity contribution in [2.75, 3.05) is 13.2 Å². The van der Waals surface area contributed by atoms with Crippen LogP contribution in [0.15, 0.2) is 97.2 Å². The molecule has 0 saturated carbocycles. The lowest BCUT2D eigenvalue weighted by Gasteiger charge is -2.18. The summed E-state index contributed by atoms with van der Waals surface area (Å²) in [4.78, 5) is 38.1. The fourth-order valence-corrected chi connectivity index (χ4v) is 7.45. The van der Waals surface area contributed by atoms with E-state index in [2.05, 4.69) is 118 Å². The first-order valence-electron chi connectivity index (χ1n) is 27.7. The first-order chi connectivity index (χ1) is 33.0. The van der Waals surface area contributed by atoms with Crippen LogP contribution < -0.4 is 0 Å². The van der Waals surface area contributed by atoms with Crippen molar-refractivity contribution >= 4 is 17.9 Å². The van der Waals surface area contributed by atoms with Crippen molar-refractivity contribution in [3.8, 4) is 0 Å². The second kappa shape index (κ2) is 54.9. The van der Waals surface area contributed by atoms with E-state index in [1.165, 1.54) is 96.3 Å². The quantitative estimate of drug-likeness (QED) is 0.0262. The Labute approximate surface area is 413 Å². The average molecular weight is 931 g/mol. The number of hydrogen-bond donors (Lipinski definition) is 0. The zero-order chi connectivity index (χ0) is 48.6. The number of esters is 3. The molecule has 1 unspecified atom stereocenters. The molecule has 382 valence electrons. The van der Waals surface area contributed by atoms with Crippen molar-refractivity contribution in [1.29, 1.82) is 0 Å². The minimum absolute atomic E-state index is 0.107. The van der Waals surface area contributed by atoms with Crippen molar-refractivity contribution in [3.63, 3.8) is 0 Å². The summed E-state index contributed by atoms with van der Waals surface area (Å²) in [5.74, 6) is -0.981. The van der Waals surface area contributed by atoms with E-state index < -0.39 is 6.10 Å². The number of carbonyl (C=O) groups is 3. The molecule has 0 aliphatic heterocycles. The monoisotopic (exact) mass is 931 g/mol. The van der Waals surface area contributed by atoms with Gasteiger partial charge < -0.3 is 14.2 Å². The van der Waals surface area contributed by atoms with Crippen LogP contribution in [0.4, 0.5) is 0 Å². The van der Waals surface area contributed by atoms with Gasteiger partial charge in [-0.1, -0.05) is 221 Å². The summed E-state index contributed by atoms with van der Waals surface area (Å²) in [5, 5.41) is 0. The maximum absolute atomic E-state index is 12.8. The summed E-state index contributed by atoms with van der Waals surface area (Å²) >= 11 is 0. The molecule has 67 heavy (non-hydrogen) atoms. The van der Waals surface area contributed by atoms with Gasteiger partial charge >= 0.3 is 17.9 Å². The van der Waals surface area contributed by atoms with Crippen LogP contribution in [0.3, 0.4) is 0 Å². The van der Waals surface area contributed by atoms with E-state index >= 15 is 0 Å². The predicted octanol–water partition coefficient (Wildman–Crippen LogP) is 18.5. The molecule has 0 aromatic heterocycles. The molecular weight excluding hydrogens is 829 g/mol. The van der Waals surface area contributed by atoms with Gasteiger partial charge in [-0.25, -0.2) is 0 Å². The fourth-order valence-electron chi connectivity index (χ4n) is 7.45. The van der Waals surface area contributed by atoms with E-state index in [4.69, 9.17) is 14.2 Å². The molecular formula is C61H102O6. The van der Waals surface area contributed by atoms with Gasteiger partial charge in [-0.05, 0) is 109 Å². The maximum atomic E-state index is 12.8. The summed E-state index contributed by atoms with van der Waals surface area (Å²) in [6.45, 7) is 6.36. The van der Waals surface area contributed by atoms with Gasteiger partial charge in [0.05, 0.1) is 0 Å². The van der Waals surface area contributed by atoms with Gasteiger partial charge in [-0.3, -0.25) is 14.4 Å². The highest BCUT2D eigenvalue weighted by Crippen LogP contribution is 2.14. The second-order valence-corrected chi connectivity index (χ2v) is 18.1. The van der Waals surface area contributed by atoms with E-state index in [0.717, 1.165) is 109 Å². The van der Waals surface area contributed by atoms with E-state index in [9.17, 15) is 14.4 Å². The van der Waals surface area contributed by atoms with Crippen molar-refractivity contribution in [2.45, 2.75) is 258 Å². The van der Waals surface area contributed by atoms with Gasteiger partial charge in [0.2, 0.25) is 0 Å². The Morgan fingerprint density at radius 3 is 0.970 bits per heavy atom. The SMILES string of the molecule is CC/C=C\C/C=C\C/C=C\C/C=C\C/C=C\CCCC(=O)OC(COC(=O)CCCCCCC/C=C\CCCCCCCCCCC)COC(=O)CCCCCCCCC/C=C\C/C=C\CC. The van der Waals surface area contributed by atoms with Crippen LogP contribution >= 0.6 is 0 Å². The van der Waals surface area contributed by atoms with Gasteiger partial charge in [0, 0.05) is 19.3 Å². The highest BCUT2D eigenvalue weighted by molar-refractivity contribution is 5.71. The van der Waals surface area contributed by atoms with Crippen LogP contribution in [0.1, 0.15) is 252 Å². The number of unbranched alkanes of at least 4 members (excludes halogenated alkanes) is 22. The highest BCUT2D eigenvalue weighted by atomic mass is 16.6. The molecule has 0 amide bonds. The largest absolute Gasteiger partial charge is 0.462 e. The fraction of sp³-hybridized carbons (Fsp3) is 0.689. The lowest BCUT2D eigenvalue weighted by Crippen LogP contribution is -2.30. The Morgan fingerprint density at radius 1 is 0.313 bits per heavy atom. The number of allylic oxidation sites excluding steroid dienone is 16. The van der Waals surface area contributed by atoms with Crippen molar-refractivity contribution in [1.82, 2.24) is 0 Å². The van der Waals surface area contributed by atoms with Gasteiger partial charge in [-0.15, -0.1) is 0 Å². The number of rotatable bonds is 49. The van der Waals surface area contributed by atoms with Crippen LogP contribution in [0, 0.1) is 0 Å². The number of carbonyl (C=O) groups excluding carboxylic acids is 3. The topological polar surface area (TPSA) is 78.9 Å². The lowest BCUT2D eigenvalue weighted by molar-refractivity contribution is -0.167. The summed E-state index contributed by atoms with van der Waals surface area (Å²) in [5.41, 5.74) is 0. The Hall–Kier alpha value is -3.67. The zero-order valence-electron chi connectivity index (χ0n) is 43.6. The van der Waals surface area contributed by atoms with Crippen LogP contribution in [0.5, 0.6) is 0 Å². The molecule has 0 rings (SSSR count). The molecule has 0 spiro atoms. The predicted molar refractivity (Wildman–Crippen MR) is 288 cm³/mol. The average Bonchev–Trinajstić information content (AvgIpc) is 3.33. The summed E-state index contributed by atoms with van der Waals surface area (Å²) in [7, 11) is 0. The van der Waals surface area contributed by atoms with Crippen LogP contribution in [-0.2, 0) is 28.6 Å². The van der Waals surface area contributed by atoms with E-state index in [1.54, 1.807) is 0 Å². The van der Waals surface area contributed by atoms with Gasteiger partial charge in [0.15, 0.2) is 6.10 Å². The molecule has 0 fully saturated rings. The van der Waals surface area contributed by atoms with Crippen LogP contribution in [-0.4, -0.2) is 37.2 Å². The molecule has 6 heteroatoms. The van der Waals surface area contributed by atoms with Crippen molar-refractivity contribution < 1.29 is 28.6 Å². The molecule has 0 saturated heterocycles. The Balaban J connectivity index is 4.49. The molecule has 6 nitrogen and oxygen atoms in total. The van der Waals surface area contributed by atoms with Gasteiger partial charge in [0.25, 0.3) is 0 Å². The summed E-state index contributed by atoms with van der Waals surface area (Å²) < 4.78 is 16.8. The third kappa shape index (κ3) is 53.2. The molecule has 0 bridgehead atoms. The first-order valence-corrected chi connectivity index (χ1v) is 27.7.